The number of ether oxygens (including phenoxy) is 7. The first kappa shape index (κ1) is 51.2. The van der Waals surface area contributed by atoms with Gasteiger partial charge in [0.25, 0.3) is 17.9 Å². The first-order valence-electron chi connectivity index (χ1n) is 18.8. The fourth-order valence-corrected chi connectivity index (χ4v) is 7.45. The third kappa shape index (κ3) is 10.7. The first-order chi connectivity index (χ1) is 29.0. The number of hydrogen-bond donors (Lipinski definition) is 16. The van der Waals surface area contributed by atoms with Gasteiger partial charge in [-0.2, -0.15) is 0 Å². The van der Waals surface area contributed by atoms with E-state index in [0.717, 1.165) is 13.8 Å². The van der Waals surface area contributed by atoms with Crippen molar-refractivity contribution in [1.29, 1.82) is 0 Å². The molecule has 14 unspecified atom stereocenters. The molecule has 21 atom stereocenters. The van der Waals surface area contributed by atoms with Crippen LogP contribution in [0.5, 0.6) is 0 Å². The number of carboxylic acid groups (broad SMARTS) is 2. The molecule has 4 fully saturated rings. The molecule has 4 aliphatic rings. The molecule has 4 aliphatic heterocycles. The van der Waals surface area contributed by atoms with Crippen LogP contribution in [-0.2, 0) is 57.2 Å². The summed E-state index contributed by atoms with van der Waals surface area (Å²) in [5.74, 6) is -12.8. The van der Waals surface area contributed by atoms with Crippen LogP contribution in [-0.4, -0.2) is 250 Å². The fourth-order valence-electron chi connectivity index (χ4n) is 7.45. The molecule has 0 aromatic heterocycles. The number of carbonyl (C=O) groups excluding carboxylic acids is 2. The number of amides is 2. The van der Waals surface area contributed by atoms with E-state index >= 15 is 0 Å². The average Bonchev–Trinajstić information content (AvgIpc) is 3.20. The van der Waals surface area contributed by atoms with Crippen molar-refractivity contribution >= 4 is 30.5 Å². The van der Waals surface area contributed by atoms with Crippen LogP contribution in [0.2, 0.25) is 0 Å². The highest BCUT2D eigenvalue weighted by molar-refractivity contribution is 5.77. The van der Waals surface area contributed by atoms with Crippen molar-refractivity contribution in [3.63, 3.8) is 0 Å². The summed E-state index contributed by atoms with van der Waals surface area (Å²) in [6.07, 6.45) is -38.2. The summed E-state index contributed by atoms with van der Waals surface area (Å²) in [6.45, 7) is 1.77. The van der Waals surface area contributed by atoms with Crippen molar-refractivity contribution in [1.82, 2.24) is 10.6 Å². The van der Waals surface area contributed by atoms with Gasteiger partial charge in [0.1, 0.15) is 73.2 Å². The topological polar surface area (TPSA) is 462 Å². The van der Waals surface area contributed by atoms with E-state index in [1.54, 1.807) is 0 Å². The minimum absolute atomic E-state index is 0.841. The summed E-state index contributed by atoms with van der Waals surface area (Å²) in [4.78, 5) is 54.9. The SMILES string of the molecule is C=NOC1OC(CO)C(OC2OC(CO)C(O)C(O[C@]3(C(=O)O)C[C@@H](O)C(NC(C)=O)C([C@H](O)O[C@]4(C(=O)O)C[C@@H](O)C(NC(C)=O)C([C@H](O)[C@H](O)CO)O4)O3)C2O)C(O)C1O. The molecule has 62 heavy (non-hydrogen) atoms. The number of aliphatic hydroxyl groups is 12. The highest BCUT2D eigenvalue weighted by Gasteiger charge is 2.62. The Morgan fingerprint density at radius 3 is 1.74 bits per heavy atom. The maximum atomic E-state index is 13.1. The molecule has 16 N–H and O–H groups in total. The van der Waals surface area contributed by atoms with Gasteiger partial charge in [0.2, 0.25) is 11.8 Å². The lowest BCUT2D eigenvalue weighted by molar-refractivity contribution is -0.401. The number of oxime groups is 1. The van der Waals surface area contributed by atoms with Gasteiger partial charge in [-0.25, -0.2) is 9.59 Å². The first-order valence-corrected chi connectivity index (χ1v) is 18.8. The van der Waals surface area contributed by atoms with Crippen molar-refractivity contribution in [3.05, 3.63) is 0 Å². The number of hydrogen-bond acceptors (Lipinski definition) is 25. The lowest BCUT2D eigenvalue weighted by Crippen LogP contribution is -2.71. The summed E-state index contributed by atoms with van der Waals surface area (Å²) < 4.78 is 38.5. The van der Waals surface area contributed by atoms with E-state index in [2.05, 4.69) is 22.5 Å². The van der Waals surface area contributed by atoms with Crippen molar-refractivity contribution in [3.8, 4) is 0 Å². The van der Waals surface area contributed by atoms with E-state index in [4.69, 9.17) is 38.0 Å². The van der Waals surface area contributed by atoms with Gasteiger partial charge >= 0.3 is 11.9 Å². The van der Waals surface area contributed by atoms with E-state index in [1.165, 1.54) is 0 Å². The van der Waals surface area contributed by atoms with E-state index in [1.807, 2.05) is 0 Å². The number of rotatable bonds is 18. The molecule has 29 nitrogen and oxygen atoms in total. The number of nitrogens with zero attached hydrogens (tertiary/aromatic N) is 1. The van der Waals surface area contributed by atoms with Crippen molar-refractivity contribution in [2.45, 2.75) is 155 Å². The molecule has 0 aromatic rings. The summed E-state index contributed by atoms with van der Waals surface area (Å²) in [6, 6.07) is -3.61. The third-order valence-corrected chi connectivity index (χ3v) is 10.5. The lowest BCUT2D eigenvalue weighted by Gasteiger charge is -2.51. The maximum absolute atomic E-state index is 13.1. The summed E-state index contributed by atoms with van der Waals surface area (Å²) >= 11 is 0. The van der Waals surface area contributed by atoms with Crippen LogP contribution in [0, 0.1) is 0 Å². The zero-order valence-corrected chi connectivity index (χ0v) is 32.8. The number of carbonyl (C=O) groups is 4. The van der Waals surface area contributed by atoms with Crippen LogP contribution in [0.25, 0.3) is 0 Å². The summed E-state index contributed by atoms with van der Waals surface area (Å²) in [5.41, 5.74) is 0. The Morgan fingerprint density at radius 1 is 0.726 bits per heavy atom. The predicted octanol–water partition coefficient (Wildman–Crippen LogP) is -9.81. The molecule has 356 valence electrons. The van der Waals surface area contributed by atoms with E-state index in [9.17, 15) is 90.7 Å². The van der Waals surface area contributed by atoms with Crippen molar-refractivity contribution in [2.24, 2.45) is 5.16 Å². The molecule has 4 heterocycles. The Bertz CT molecular complexity index is 1560. The molecule has 0 aliphatic carbocycles. The lowest BCUT2D eigenvalue weighted by atomic mass is 9.88. The molecular formula is C33H53N3O26. The number of aliphatic hydroxyl groups excluding tert-OH is 12. The zero-order valence-electron chi connectivity index (χ0n) is 32.8. The molecule has 4 rings (SSSR count). The van der Waals surface area contributed by atoms with Gasteiger partial charge in [0, 0.05) is 33.4 Å². The van der Waals surface area contributed by atoms with E-state index in [0.29, 0.717) is 0 Å². The van der Waals surface area contributed by atoms with Gasteiger partial charge in [-0.15, -0.1) is 0 Å². The largest absolute Gasteiger partial charge is 0.477 e. The van der Waals surface area contributed by atoms with Crippen molar-refractivity contribution < 1.29 is 129 Å². The minimum atomic E-state index is -3.35. The van der Waals surface area contributed by atoms with Gasteiger partial charge in [-0.3, -0.25) is 9.59 Å². The van der Waals surface area contributed by atoms with Crippen LogP contribution >= 0.6 is 0 Å². The third-order valence-electron chi connectivity index (χ3n) is 10.5. The summed E-state index contributed by atoms with van der Waals surface area (Å²) in [7, 11) is 0. The van der Waals surface area contributed by atoms with Crippen LogP contribution in [0.1, 0.15) is 26.7 Å². The van der Waals surface area contributed by atoms with Gasteiger partial charge in [-0.1, -0.05) is 5.16 Å². The normalized spacial score (nSPS) is 42.7. The van der Waals surface area contributed by atoms with Gasteiger partial charge < -0.3 is 120 Å². The second-order valence-corrected chi connectivity index (χ2v) is 14.9. The second-order valence-electron chi connectivity index (χ2n) is 14.9. The van der Waals surface area contributed by atoms with E-state index < -0.39 is 184 Å². The predicted molar refractivity (Wildman–Crippen MR) is 189 cm³/mol. The van der Waals surface area contributed by atoms with Gasteiger partial charge in [0.15, 0.2) is 12.6 Å². The number of carboxylic acids is 2. The Hall–Kier alpha value is -3.41. The Balaban J connectivity index is 1.70. The smallest absolute Gasteiger partial charge is 0.364 e. The van der Waals surface area contributed by atoms with E-state index in [-0.39, 0.29) is 0 Å². The fraction of sp³-hybridized carbons (Fsp3) is 0.848. The number of aliphatic carboxylic acids is 2. The molecular weight excluding hydrogens is 854 g/mol. The molecule has 29 heteroatoms. The maximum Gasteiger partial charge on any atom is 0.364 e. The molecule has 4 saturated heterocycles. The van der Waals surface area contributed by atoms with Crippen molar-refractivity contribution in [2.75, 3.05) is 19.8 Å². The monoisotopic (exact) mass is 907 g/mol. The Labute approximate surface area is 349 Å². The molecule has 2 amide bonds. The highest BCUT2D eigenvalue weighted by atomic mass is 16.8. The quantitative estimate of drug-likeness (QED) is 0.0345. The molecule has 0 aromatic carbocycles. The molecule has 0 bridgehead atoms. The minimum Gasteiger partial charge on any atom is -0.477 e. The van der Waals surface area contributed by atoms with Crippen LogP contribution in [0.15, 0.2) is 5.16 Å². The second kappa shape index (κ2) is 21.1. The molecule has 0 spiro atoms. The molecule has 0 radical (unpaired) electrons. The summed E-state index contributed by atoms with van der Waals surface area (Å²) in [5, 5.41) is 156. The zero-order chi connectivity index (χ0) is 46.6. The molecule has 0 saturated carbocycles. The highest BCUT2D eigenvalue weighted by Crippen LogP contribution is 2.40. The Morgan fingerprint density at radius 2 is 1.24 bits per heavy atom. The van der Waals surface area contributed by atoms with Crippen LogP contribution < -0.4 is 10.6 Å². The van der Waals surface area contributed by atoms with Crippen LogP contribution in [0.4, 0.5) is 0 Å². The standard InChI is InChI=1S/C33H53N3O26/c1-9(40)35-16-11(42)5-33(31(53)54,58-24(16)18(45)13(44)6-37)61-27(50)25-17(36-10(2)41)12(43)4-32(59-25,30(51)52)60-26-19(46)14(7-38)55-28(22(26)49)57-23-15(8-39)56-29(62-34-3)21(48)20(23)47/h11-29,37-39,42-50H,3-8H2,1-2H3,(H,35,40)(H,36,41)(H,51,52)(H,53,54)/t11-,12-,13-,14?,15?,16?,17?,18-,19?,20?,21?,22?,23?,24?,25?,26?,27-,28?,29?,32+,33+/m1/s1. The number of nitrogens with one attached hydrogen (secondary N) is 2. The average molecular weight is 908 g/mol. The van der Waals surface area contributed by atoms with Gasteiger partial charge in [0.05, 0.1) is 44.1 Å². The Kier molecular flexibility index (Phi) is 17.4. The van der Waals surface area contributed by atoms with Gasteiger partial charge in [-0.05, 0) is 0 Å². The van der Waals surface area contributed by atoms with Crippen LogP contribution in [0.3, 0.4) is 0 Å².